The number of likely N-dealkylation sites (tertiary alicyclic amines) is 1. The van der Waals surface area contributed by atoms with Gasteiger partial charge in [-0.25, -0.2) is 0 Å². The summed E-state index contributed by atoms with van der Waals surface area (Å²) in [6.45, 7) is 7.96. The molecule has 0 spiro atoms. The molecule has 3 fully saturated rings. The molecule has 20 heavy (non-hydrogen) atoms. The molecular formula is C15H26N2O2S. The third-order valence-corrected chi connectivity index (χ3v) is 5.99. The van der Waals surface area contributed by atoms with Crippen molar-refractivity contribution in [1.82, 2.24) is 9.80 Å². The smallest absolute Gasteiger partial charge is 0.225 e. The van der Waals surface area contributed by atoms with Gasteiger partial charge in [-0.05, 0) is 30.9 Å². The largest absolute Gasteiger partial charge is 0.375 e. The summed E-state index contributed by atoms with van der Waals surface area (Å²) in [5, 5.41) is 0. The Labute approximate surface area is 126 Å². The molecule has 114 valence electrons. The number of ether oxygens (including phenoxy) is 1. The minimum atomic E-state index is 0.272. The maximum atomic E-state index is 12.6. The molecule has 0 aromatic heterocycles. The topological polar surface area (TPSA) is 32.8 Å². The second-order valence-corrected chi connectivity index (χ2v) is 7.42. The maximum absolute atomic E-state index is 12.6. The lowest BCUT2D eigenvalue weighted by Gasteiger charge is -2.26. The van der Waals surface area contributed by atoms with Crippen molar-refractivity contribution in [2.24, 2.45) is 11.8 Å². The molecule has 0 bridgehead atoms. The van der Waals surface area contributed by atoms with E-state index in [9.17, 15) is 4.79 Å². The highest BCUT2D eigenvalue weighted by atomic mass is 32.2. The van der Waals surface area contributed by atoms with E-state index in [0.29, 0.717) is 11.8 Å². The van der Waals surface area contributed by atoms with Crippen molar-refractivity contribution in [2.75, 3.05) is 50.8 Å². The molecule has 0 aromatic carbocycles. The van der Waals surface area contributed by atoms with E-state index in [4.69, 9.17) is 4.74 Å². The SMILES string of the molecule is CCN1CCO[C@H]2CN(C(=O)C3CCSCC3)C[C@H]2C1. The van der Waals surface area contributed by atoms with Gasteiger partial charge in [-0.1, -0.05) is 6.92 Å². The molecule has 3 aliphatic heterocycles. The van der Waals surface area contributed by atoms with E-state index in [1.165, 1.54) is 0 Å². The van der Waals surface area contributed by atoms with Crippen LogP contribution in [-0.4, -0.2) is 72.6 Å². The first-order chi connectivity index (χ1) is 9.78. The predicted molar refractivity (Wildman–Crippen MR) is 82.0 cm³/mol. The fourth-order valence-electron chi connectivity index (χ4n) is 3.63. The van der Waals surface area contributed by atoms with Crippen molar-refractivity contribution >= 4 is 17.7 Å². The van der Waals surface area contributed by atoms with Crippen molar-refractivity contribution in [3.63, 3.8) is 0 Å². The lowest BCUT2D eigenvalue weighted by molar-refractivity contribution is -0.135. The van der Waals surface area contributed by atoms with E-state index in [1.807, 2.05) is 11.8 Å². The van der Waals surface area contributed by atoms with Crippen LogP contribution in [0.25, 0.3) is 0 Å². The van der Waals surface area contributed by atoms with Crippen molar-refractivity contribution in [3.8, 4) is 0 Å². The number of thioether (sulfide) groups is 1. The average molecular weight is 298 g/mol. The van der Waals surface area contributed by atoms with Crippen molar-refractivity contribution in [1.29, 1.82) is 0 Å². The minimum absolute atomic E-state index is 0.272. The molecule has 0 aliphatic carbocycles. The Kier molecular flexibility index (Phi) is 4.89. The van der Waals surface area contributed by atoms with E-state index in [-0.39, 0.29) is 12.0 Å². The van der Waals surface area contributed by atoms with Gasteiger partial charge in [-0.3, -0.25) is 4.79 Å². The van der Waals surface area contributed by atoms with Crippen LogP contribution in [0.1, 0.15) is 19.8 Å². The number of carbonyl (C=O) groups is 1. The molecule has 0 radical (unpaired) electrons. The van der Waals surface area contributed by atoms with Gasteiger partial charge in [0.2, 0.25) is 5.91 Å². The van der Waals surface area contributed by atoms with Crippen LogP contribution in [-0.2, 0) is 9.53 Å². The van der Waals surface area contributed by atoms with Crippen LogP contribution in [0.3, 0.4) is 0 Å². The van der Waals surface area contributed by atoms with Gasteiger partial charge in [0.25, 0.3) is 0 Å². The normalized spacial score (nSPS) is 33.0. The second kappa shape index (κ2) is 6.67. The molecule has 0 saturated carbocycles. The van der Waals surface area contributed by atoms with Crippen LogP contribution < -0.4 is 0 Å². The summed E-state index contributed by atoms with van der Waals surface area (Å²) in [5.74, 6) is 3.49. The molecule has 3 aliphatic rings. The molecule has 3 saturated heterocycles. The van der Waals surface area contributed by atoms with Gasteiger partial charge in [-0.2, -0.15) is 11.8 Å². The molecule has 0 N–H and O–H groups in total. The van der Waals surface area contributed by atoms with Gasteiger partial charge in [0, 0.05) is 38.0 Å². The maximum Gasteiger partial charge on any atom is 0.225 e. The van der Waals surface area contributed by atoms with Gasteiger partial charge >= 0.3 is 0 Å². The lowest BCUT2D eigenvalue weighted by atomic mass is 10.0. The fourth-order valence-corrected chi connectivity index (χ4v) is 4.74. The number of hydrogen-bond donors (Lipinski definition) is 0. The first-order valence-electron chi connectivity index (χ1n) is 7.98. The Balaban J connectivity index is 1.59. The molecule has 3 heterocycles. The number of nitrogens with zero attached hydrogens (tertiary/aromatic N) is 2. The van der Waals surface area contributed by atoms with Gasteiger partial charge in [0.05, 0.1) is 12.7 Å². The van der Waals surface area contributed by atoms with Crippen LogP contribution in [0.5, 0.6) is 0 Å². The Hall–Kier alpha value is -0.260. The summed E-state index contributed by atoms with van der Waals surface area (Å²) in [6, 6.07) is 0. The molecule has 3 rings (SSSR count). The van der Waals surface area contributed by atoms with Crippen molar-refractivity contribution < 1.29 is 9.53 Å². The standard InChI is InChI=1S/C15H26N2O2S/c1-2-16-5-6-19-14-11-17(10-13(14)9-16)15(18)12-3-7-20-8-4-12/h12-14H,2-11H2,1H3/t13-,14+/m1/s1. The third-order valence-electron chi connectivity index (χ3n) is 4.94. The van der Waals surface area contributed by atoms with E-state index < -0.39 is 0 Å². The zero-order valence-corrected chi connectivity index (χ0v) is 13.2. The zero-order chi connectivity index (χ0) is 13.9. The molecule has 2 atom stereocenters. The van der Waals surface area contributed by atoms with Crippen LogP contribution in [0, 0.1) is 11.8 Å². The molecule has 4 nitrogen and oxygen atoms in total. The summed E-state index contributed by atoms with van der Waals surface area (Å²) in [5.41, 5.74) is 0. The second-order valence-electron chi connectivity index (χ2n) is 6.19. The van der Waals surface area contributed by atoms with E-state index >= 15 is 0 Å². The average Bonchev–Trinajstić information content (AvgIpc) is 2.79. The Bertz CT molecular complexity index is 347. The van der Waals surface area contributed by atoms with Gasteiger partial charge in [-0.15, -0.1) is 0 Å². The summed E-state index contributed by atoms with van der Waals surface area (Å²) < 4.78 is 5.99. The Morgan fingerprint density at radius 2 is 2.05 bits per heavy atom. The molecule has 1 amide bonds. The number of rotatable bonds is 2. The first-order valence-corrected chi connectivity index (χ1v) is 9.14. The van der Waals surface area contributed by atoms with E-state index in [1.54, 1.807) is 0 Å². The van der Waals surface area contributed by atoms with Gasteiger partial charge in [0.15, 0.2) is 0 Å². The molecule has 0 aromatic rings. The number of fused-ring (bicyclic) bond motifs is 1. The molecule has 0 unspecified atom stereocenters. The van der Waals surface area contributed by atoms with Crippen molar-refractivity contribution in [3.05, 3.63) is 0 Å². The quantitative estimate of drug-likeness (QED) is 0.769. The van der Waals surface area contributed by atoms with Crippen LogP contribution in [0.4, 0.5) is 0 Å². The van der Waals surface area contributed by atoms with Crippen LogP contribution >= 0.6 is 11.8 Å². The first kappa shape index (κ1) is 14.7. The summed E-state index contributed by atoms with van der Waals surface area (Å²) in [7, 11) is 0. The van der Waals surface area contributed by atoms with E-state index in [2.05, 4.69) is 16.7 Å². The summed E-state index contributed by atoms with van der Waals surface area (Å²) in [6.07, 6.45) is 2.41. The number of likely N-dealkylation sites (N-methyl/N-ethyl adjacent to an activating group) is 1. The van der Waals surface area contributed by atoms with E-state index in [0.717, 1.165) is 63.7 Å². The third kappa shape index (κ3) is 3.15. The molecule has 5 heteroatoms. The number of hydrogen-bond acceptors (Lipinski definition) is 4. The van der Waals surface area contributed by atoms with Gasteiger partial charge < -0.3 is 14.5 Å². The minimum Gasteiger partial charge on any atom is -0.375 e. The highest BCUT2D eigenvalue weighted by Gasteiger charge is 2.39. The Morgan fingerprint density at radius 3 is 2.80 bits per heavy atom. The highest BCUT2D eigenvalue weighted by Crippen LogP contribution is 2.29. The number of amides is 1. The fraction of sp³-hybridized carbons (Fsp3) is 0.933. The predicted octanol–water partition coefficient (Wildman–Crippen LogP) is 1.31. The van der Waals surface area contributed by atoms with Crippen LogP contribution in [0.2, 0.25) is 0 Å². The number of carbonyl (C=O) groups excluding carboxylic acids is 1. The summed E-state index contributed by atoms with van der Waals surface area (Å²) in [4.78, 5) is 17.2. The zero-order valence-electron chi connectivity index (χ0n) is 12.4. The monoisotopic (exact) mass is 298 g/mol. The van der Waals surface area contributed by atoms with Crippen molar-refractivity contribution in [2.45, 2.75) is 25.9 Å². The lowest BCUT2D eigenvalue weighted by Crippen LogP contribution is -2.38. The van der Waals surface area contributed by atoms with Gasteiger partial charge in [0.1, 0.15) is 0 Å². The highest BCUT2D eigenvalue weighted by molar-refractivity contribution is 7.99. The summed E-state index contributed by atoms with van der Waals surface area (Å²) >= 11 is 1.98. The Morgan fingerprint density at radius 1 is 1.25 bits per heavy atom. The molecular weight excluding hydrogens is 272 g/mol. The van der Waals surface area contributed by atoms with Crippen LogP contribution in [0.15, 0.2) is 0 Å².